The molecule has 11 heavy (non-hydrogen) atoms. The Bertz CT molecular complexity index is 94.4. The molecule has 1 aliphatic heterocycles. The molecule has 1 fully saturated rings. The van der Waals surface area contributed by atoms with Crippen LogP contribution in [0.1, 0.15) is 6.92 Å². The Morgan fingerprint density at radius 2 is 2.00 bits per heavy atom. The fourth-order valence-electron chi connectivity index (χ4n) is 1.14. The minimum absolute atomic E-state index is 0. The molecule has 0 aromatic carbocycles. The number of halogens is 2. The first-order valence-electron chi connectivity index (χ1n) is 3.73. The van der Waals surface area contributed by atoms with Crippen molar-refractivity contribution in [3.05, 3.63) is 0 Å². The summed E-state index contributed by atoms with van der Waals surface area (Å²) in [6.45, 7) is 7.31. The highest BCUT2D eigenvalue weighted by Crippen LogP contribution is 2.03. The van der Waals surface area contributed by atoms with Crippen molar-refractivity contribution in [3.8, 4) is 0 Å². The standard InChI is InChI=1S/C7H14BrNO.BrH/c1-7(8)6-9-2-4-10-5-3-9;/h7H,2-6H2,1H3;1H. The van der Waals surface area contributed by atoms with E-state index in [9.17, 15) is 0 Å². The van der Waals surface area contributed by atoms with E-state index < -0.39 is 0 Å². The zero-order valence-corrected chi connectivity index (χ0v) is 10.1. The second-order valence-electron chi connectivity index (χ2n) is 2.69. The molecule has 0 spiro atoms. The SMILES string of the molecule is Br.CC(Br)CN1CCOCC1. The maximum absolute atomic E-state index is 5.22. The van der Waals surface area contributed by atoms with Crippen molar-refractivity contribution in [2.45, 2.75) is 11.8 Å². The molecule has 1 saturated heterocycles. The van der Waals surface area contributed by atoms with Gasteiger partial charge in [-0.15, -0.1) is 17.0 Å². The lowest BCUT2D eigenvalue weighted by Crippen LogP contribution is -2.39. The van der Waals surface area contributed by atoms with Crippen molar-refractivity contribution in [3.63, 3.8) is 0 Å². The van der Waals surface area contributed by atoms with Gasteiger partial charge in [-0.1, -0.05) is 22.9 Å². The van der Waals surface area contributed by atoms with Crippen molar-refractivity contribution < 1.29 is 4.74 Å². The van der Waals surface area contributed by atoms with E-state index in [4.69, 9.17) is 4.74 Å². The largest absolute Gasteiger partial charge is 0.379 e. The van der Waals surface area contributed by atoms with Gasteiger partial charge in [0.2, 0.25) is 0 Å². The molecule has 2 nitrogen and oxygen atoms in total. The van der Waals surface area contributed by atoms with Gasteiger partial charge in [0.1, 0.15) is 0 Å². The van der Waals surface area contributed by atoms with E-state index in [1.54, 1.807) is 0 Å². The molecular formula is C7H15Br2NO. The highest BCUT2D eigenvalue weighted by atomic mass is 79.9. The van der Waals surface area contributed by atoms with Crippen molar-refractivity contribution in [2.24, 2.45) is 0 Å². The van der Waals surface area contributed by atoms with Crippen molar-refractivity contribution in [2.75, 3.05) is 32.8 Å². The fraction of sp³-hybridized carbons (Fsp3) is 1.00. The Hall–Kier alpha value is 0.880. The number of alkyl halides is 1. The average Bonchev–Trinajstić information content (AvgIpc) is 1.88. The molecule has 1 atom stereocenters. The Labute approximate surface area is 87.2 Å². The van der Waals surface area contributed by atoms with Crippen LogP contribution in [-0.4, -0.2) is 42.6 Å². The summed E-state index contributed by atoms with van der Waals surface area (Å²) >= 11 is 3.53. The molecule has 1 unspecified atom stereocenters. The Morgan fingerprint density at radius 1 is 1.45 bits per heavy atom. The van der Waals surface area contributed by atoms with E-state index in [1.807, 2.05) is 0 Å². The van der Waals surface area contributed by atoms with Crippen LogP contribution < -0.4 is 0 Å². The van der Waals surface area contributed by atoms with E-state index in [2.05, 4.69) is 27.8 Å². The Morgan fingerprint density at radius 3 is 2.45 bits per heavy atom. The van der Waals surface area contributed by atoms with Crippen LogP contribution in [0, 0.1) is 0 Å². The van der Waals surface area contributed by atoms with Gasteiger partial charge in [-0.2, -0.15) is 0 Å². The molecule has 0 aliphatic carbocycles. The number of nitrogens with zero attached hydrogens (tertiary/aromatic N) is 1. The van der Waals surface area contributed by atoms with E-state index in [0.29, 0.717) is 4.83 Å². The normalized spacial score (nSPS) is 22.4. The summed E-state index contributed by atoms with van der Waals surface area (Å²) in [7, 11) is 0. The summed E-state index contributed by atoms with van der Waals surface area (Å²) < 4.78 is 5.22. The highest BCUT2D eigenvalue weighted by Gasteiger charge is 2.11. The quantitative estimate of drug-likeness (QED) is 0.717. The molecule has 0 amide bonds. The first-order valence-corrected chi connectivity index (χ1v) is 4.65. The summed E-state index contributed by atoms with van der Waals surface area (Å²) in [5.41, 5.74) is 0. The fourth-order valence-corrected chi connectivity index (χ4v) is 1.55. The van der Waals surface area contributed by atoms with E-state index in [1.165, 1.54) is 0 Å². The lowest BCUT2D eigenvalue weighted by molar-refractivity contribution is 0.0388. The Kier molecular flexibility index (Phi) is 6.91. The van der Waals surface area contributed by atoms with E-state index >= 15 is 0 Å². The van der Waals surface area contributed by atoms with Gasteiger partial charge in [-0.3, -0.25) is 4.90 Å². The van der Waals surface area contributed by atoms with Crippen LogP contribution in [0.4, 0.5) is 0 Å². The number of morpholine rings is 1. The van der Waals surface area contributed by atoms with Gasteiger partial charge in [-0.25, -0.2) is 0 Å². The zero-order valence-electron chi connectivity index (χ0n) is 6.75. The minimum Gasteiger partial charge on any atom is -0.379 e. The molecule has 0 N–H and O–H groups in total. The number of hydrogen-bond donors (Lipinski definition) is 0. The van der Waals surface area contributed by atoms with Crippen LogP contribution >= 0.6 is 32.9 Å². The predicted molar refractivity (Wildman–Crippen MR) is 56.0 cm³/mol. The van der Waals surface area contributed by atoms with Gasteiger partial charge in [0, 0.05) is 24.5 Å². The topological polar surface area (TPSA) is 12.5 Å². The van der Waals surface area contributed by atoms with Crippen LogP contribution in [0.15, 0.2) is 0 Å². The third-order valence-electron chi connectivity index (χ3n) is 1.61. The lowest BCUT2D eigenvalue weighted by atomic mass is 10.4. The lowest BCUT2D eigenvalue weighted by Gasteiger charge is -2.27. The van der Waals surface area contributed by atoms with Crippen LogP contribution in [-0.2, 0) is 4.74 Å². The molecule has 0 saturated carbocycles. The second kappa shape index (κ2) is 6.40. The van der Waals surface area contributed by atoms with Crippen LogP contribution in [0.3, 0.4) is 0 Å². The molecule has 0 aromatic heterocycles. The number of rotatable bonds is 2. The minimum atomic E-state index is 0. The van der Waals surface area contributed by atoms with Crippen LogP contribution in [0.2, 0.25) is 0 Å². The first-order chi connectivity index (χ1) is 4.79. The van der Waals surface area contributed by atoms with Crippen LogP contribution in [0.5, 0.6) is 0 Å². The molecule has 0 aromatic rings. The third-order valence-corrected chi connectivity index (χ3v) is 1.90. The highest BCUT2D eigenvalue weighted by molar-refractivity contribution is 9.09. The molecule has 0 radical (unpaired) electrons. The van der Waals surface area contributed by atoms with Crippen LogP contribution in [0.25, 0.3) is 0 Å². The summed E-state index contributed by atoms with van der Waals surface area (Å²) in [4.78, 5) is 3.02. The summed E-state index contributed by atoms with van der Waals surface area (Å²) in [5, 5.41) is 0. The smallest absolute Gasteiger partial charge is 0.0594 e. The molecular weight excluding hydrogens is 274 g/mol. The molecule has 68 valence electrons. The molecule has 1 rings (SSSR count). The van der Waals surface area contributed by atoms with E-state index in [0.717, 1.165) is 32.8 Å². The molecule has 1 aliphatic rings. The first kappa shape index (κ1) is 11.9. The second-order valence-corrected chi connectivity index (χ2v) is 4.26. The van der Waals surface area contributed by atoms with Gasteiger partial charge in [0.05, 0.1) is 13.2 Å². The van der Waals surface area contributed by atoms with Gasteiger partial charge >= 0.3 is 0 Å². The summed E-state index contributed by atoms with van der Waals surface area (Å²) in [6, 6.07) is 0. The summed E-state index contributed by atoms with van der Waals surface area (Å²) in [5.74, 6) is 0. The summed E-state index contributed by atoms with van der Waals surface area (Å²) in [6.07, 6.45) is 0. The van der Waals surface area contributed by atoms with Gasteiger partial charge in [-0.05, 0) is 0 Å². The van der Waals surface area contributed by atoms with Crippen molar-refractivity contribution >= 4 is 32.9 Å². The molecule has 1 heterocycles. The third kappa shape index (κ3) is 5.17. The monoisotopic (exact) mass is 287 g/mol. The van der Waals surface area contributed by atoms with Gasteiger partial charge < -0.3 is 4.74 Å². The number of ether oxygens (including phenoxy) is 1. The maximum atomic E-state index is 5.22. The Balaban J connectivity index is 0.000001000. The maximum Gasteiger partial charge on any atom is 0.0594 e. The van der Waals surface area contributed by atoms with Crippen molar-refractivity contribution in [1.29, 1.82) is 0 Å². The molecule has 4 heteroatoms. The predicted octanol–water partition coefficient (Wildman–Crippen LogP) is 1.68. The van der Waals surface area contributed by atoms with Gasteiger partial charge in [0.15, 0.2) is 0 Å². The van der Waals surface area contributed by atoms with Gasteiger partial charge in [0.25, 0.3) is 0 Å². The van der Waals surface area contributed by atoms with E-state index in [-0.39, 0.29) is 17.0 Å². The zero-order chi connectivity index (χ0) is 7.40. The average molecular weight is 289 g/mol. The molecule has 0 bridgehead atoms. The number of hydrogen-bond acceptors (Lipinski definition) is 2. The van der Waals surface area contributed by atoms with Crippen molar-refractivity contribution in [1.82, 2.24) is 4.90 Å².